The molecule has 0 fully saturated rings. The minimum atomic E-state index is -0.745. The first-order valence-electron chi connectivity index (χ1n) is 4.88. The quantitative estimate of drug-likeness (QED) is 0.411. The molecule has 0 heterocycles. The number of rotatable bonds is 4. The van der Waals surface area contributed by atoms with Crippen LogP contribution in [0, 0.1) is 5.41 Å². The van der Waals surface area contributed by atoms with Crippen LogP contribution >= 0.6 is 0 Å². The molecule has 0 saturated heterocycles. The van der Waals surface area contributed by atoms with Gasteiger partial charge in [0, 0.05) is 16.8 Å². The van der Waals surface area contributed by atoms with Gasteiger partial charge in [-0.25, -0.2) is 20.4 Å². The molecular weight excluding hydrogens is 224 g/mol. The fourth-order valence-electron chi connectivity index (χ4n) is 0.819. The Balaban J connectivity index is 4.86. The van der Waals surface area contributed by atoms with E-state index in [1.807, 2.05) is 13.8 Å². The average molecular weight is 242 g/mol. The van der Waals surface area contributed by atoms with Gasteiger partial charge in [0.2, 0.25) is 0 Å². The summed E-state index contributed by atoms with van der Waals surface area (Å²) in [6, 6.07) is -1.49. The van der Waals surface area contributed by atoms with Crippen LogP contribution < -0.4 is 22.3 Å². The maximum absolute atomic E-state index is 10.5. The van der Waals surface area contributed by atoms with E-state index in [2.05, 4.69) is 21.1 Å². The molecular formula is C9H18N6O2. The molecule has 96 valence electrons. The van der Waals surface area contributed by atoms with Crippen LogP contribution in [0.3, 0.4) is 0 Å². The SMILES string of the molecule is C/C(=N/NC(N)=O)C(C)(C)/C(C)=N\NC(N)=O. The third kappa shape index (κ3) is 4.96. The van der Waals surface area contributed by atoms with E-state index in [0.717, 1.165) is 0 Å². The number of carbonyl (C=O) groups is 2. The minimum absolute atomic E-state index is 0.551. The lowest BCUT2D eigenvalue weighted by molar-refractivity contribution is 0.248. The second-order valence-corrected chi connectivity index (χ2v) is 3.97. The maximum atomic E-state index is 10.5. The largest absolute Gasteiger partial charge is 0.350 e. The number of nitrogens with two attached hydrogens (primary N) is 2. The Morgan fingerprint density at radius 2 is 1.24 bits per heavy atom. The first-order chi connectivity index (χ1) is 7.67. The van der Waals surface area contributed by atoms with Gasteiger partial charge in [-0.2, -0.15) is 10.2 Å². The molecule has 0 rings (SSSR count). The van der Waals surface area contributed by atoms with E-state index in [9.17, 15) is 9.59 Å². The van der Waals surface area contributed by atoms with Crippen molar-refractivity contribution in [3.63, 3.8) is 0 Å². The highest BCUT2D eigenvalue weighted by molar-refractivity contribution is 6.09. The van der Waals surface area contributed by atoms with E-state index in [0.29, 0.717) is 11.4 Å². The maximum Gasteiger partial charge on any atom is 0.332 e. The highest BCUT2D eigenvalue weighted by Gasteiger charge is 2.26. The molecule has 0 aliphatic carbocycles. The van der Waals surface area contributed by atoms with E-state index in [1.54, 1.807) is 13.8 Å². The van der Waals surface area contributed by atoms with Crippen molar-refractivity contribution in [3.8, 4) is 0 Å². The average Bonchev–Trinajstić information content (AvgIpc) is 2.21. The molecule has 0 aliphatic heterocycles. The third-order valence-electron chi connectivity index (χ3n) is 2.48. The van der Waals surface area contributed by atoms with Gasteiger partial charge in [-0.1, -0.05) is 0 Å². The van der Waals surface area contributed by atoms with E-state index in [-0.39, 0.29) is 0 Å². The molecule has 0 bridgehead atoms. The van der Waals surface area contributed by atoms with Crippen LogP contribution in [0.15, 0.2) is 10.2 Å². The van der Waals surface area contributed by atoms with Crippen molar-refractivity contribution in [2.45, 2.75) is 27.7 Å². The summed E-state index contributed by atoms with van der Waals surface area (Å²) in [5, 5.41) is 7.62. The first kappa shape index (κ1) is 14.9. The van der Waals surface area contributed by atoms with Gasteiger partial charge in [0.05, 0.1) is 0 Å². The number of amides is 4. The van der Waals surface area contributed by atoms with E-state index >= 15 is 0 Å². The Morgan fingerprint density at radius 3 is 1.47 bits per heavy atom. The number of hydrazone groups is 2. The molecule has 0 atom stereocenters. The Morgan fingerprint density at radius 1 is 0.941 bits per heavy atom. The second-order valence-electron chi connectivity index (χ2n) is 3.97. The van der Waals surface area contributed by atoms with Crippen LogP contribution in [0.4, 0.5) is 9.59 Å². The topological polar surface area (TPSA) is 135 Å². The highest BCUT2D eigenvalue weighted by Crippen LogP contribution is 2.19. The zero-order valence-electron chi connectivity index (χ0n) is 10.4. The molecule has 4 amide bonds. The molecule has 0 aromatic rings. The predicted octanol–water partition coefficient (Wildman–Crippen LogP) is 0.101. The number of nitrogens with zero attached hydrogens (tertiary/aromatic N) is 2. The lowest BCUT2D eigenvalue weighted by Gasteiger charge is -2.23. The number of carbonyl (C=O) groups excluding carboxylic acids is 2. The first-order valence-corrected chi connectivity index (χ1v) is 4.88. The summed E-state index contributed by atoms with van der Waals surface area (Å²) >= 11 is 0. The van der Waals surface area contributed by atoms with Crippen molar-refractivity contribution in [2.24, 2.45) is 27.1 Å². The van der Waals surface area contributed by atoms with Gasteiger partial charge in [0.15, 0.2) is 0 Å². The summed E-state index contributed by atoms with van der Waals surface area (Å²) in [6.45, 7) is 7.07. The Hall–Kier alpha value is -2.12. The molecule has 0 aliphatic rings. The van der Waals surface area contributed by atoms with Gasteiger partial charge in [0.25, 0.3) is 0 Å². The molecule has 0 saturated carbocycles. The van der Waals surface area contributed by atoms with Crippen molar-refractivity contribution >= 4 is 23.5 Å². The number of hydrogen-bond donors (Lipinski definition) is 4. The summed E-state index contributed by atoms with van der Waals surface area (Å²) < 4.78 is 0. The van der Waals surface area contributed by atoms with Gasteiger partial charge >= 0.3 is 12.1 Å². The van der Waals surface area contributed by atoms with Gasteiger partial charge in [0.1, 0.15) is 0 Å². The van der Waals surface area contributed by atoms with Crippen molar-refractivity contribution in [1.82, 2.24) is 10.9 Å². The van der Waals surface area contributed by atoms with Crippen LogP contribution in [0.2, 0.25) is 0 Å². The zero-order valence-corrected chi connectivity index (χ0v) is 10.4. The highest BCUT2D eigenvalue weighted by atomic mass is 16.2. The fraction of sp³-hybridized carbons (Fsp3) is 0.556. The third-order valence-corrected chi connectivity index (χ3v) is 2.48. The van der Waals surface area contributed by atoms with Crippen LogP contribution in [0.1, 0.15) is 27.7 Å². The molecule has 0 aromatic carbocycles. The molecule has 17 heavy (non-hydrogen) atoms. The van der Waals surface area contributed by atoms with E-state index in [1.165, 1.54) is 0 Å². The number of urea groups is 2. The van der Waals surface area contributed by atoms with Crippen molar-refractivity contribution in [2.75, 3.05) is 0 Å². The Bertz CT molecular complexity index is 338. The number of primary amides is 2. The molecule has 0 unspecified atom stereocenters. The molecule has 6 N–H and O–H groups in total. The smallest absolute Gasteiger partial charge is 0.332 e. The van der Waals surface area contributed by atoms with Gasteiger partial charge in [-0.15, -0.1) is 0 Å². The van der Waals surface area contributed by atoms with Crippen molar-refractivity contribution in [3.05, 3.63) is 0 Å². The summed E-state index contributed by atoms with van der Waals surface area (Å²) in [5.41, 5.74) is 14.7. The minimum Gasteiger partial charge on any atom is -0.350 e. The summed E-state index contributed by atoms with van der Waals surface area (Å²) in [7, 11) is 0. The summed E-state index contributed by atoms with van der Waals surface area (Å²) in [4.78, 5) is 21.0. The number of hydrogen-bond acceptors (Lipinski definition) is 4. The van der Waals surface area contributed by atoms with Crippen LogP contribution in [-0.2, 0) is 0 Å². The Labute approximate surface area is 99.5 Å². The molecule has 8 nitrogen and oxygen atoms in total. The normalized spacial score (nSPS) is 13.2. The molecule has 8 heteroatoms. The number of nitrogens with one attached hydrogen (secondary N) is 2. The standard InChI is InChI=1S/C9H18N6O2/c1-5(12-14-7(10)16)9(3,4)6(2)13-15-8(11)17/h1-4H3,(H3,10,14,16)(H3,11,15,17)/b12-5-,13-6-. The van der Waals surface area contributed by atoms with Crippen LogP contribution in [-0.4, -0.2) is 23.5 Å². The van der Waals surface area contributed by atoms with Gasteiger partial charge < -0.3 is 11.5 Å². The van der Waals surface area contributed by atoms with E-state index in [4.69, 9.17) is 11.5 Å². The second kappa shape index (κ2) is 5.83. The van der Waals surface area contributed by atoms with Crippen molar-refractivity contribution < 1.29 is 9.59 Å². The molecule has 0 spiro atoms. The predicted molar refractivity (Wildman–Crippen MR) is 65.4 cm³/mol. The Kier molecular flexibility index (Phi) is 5.10. The summed E-state index contributed by atoms with van der Waals surface area (Å²) in [5.74, 6) is 0. The van der Waals surface area contributed by atoms with Crippen LogP contribution in [0.25, 0.3) is 0 Å². The van der Waals surface area contributed by atoms with Crippen molar-refractivity contribution in [1.29, 1.82) is 0 Å². The molecule has 0 radical (unpaired) electrons. The monoisotopic (exact) mass is 242 g/mol. The van der Waals surface area contributed by atoms with E-state index < -0.39 is 17.5 Å². The van der Waals surface area contributed by atoms with Crippen LogP contribution in [0.5, 0.6) is 0 Å². The molecule has 0 aromatic heterocycles. The van der Waals surface area contributed by atoms with Gasteiger partial charge in [-0.05, 0) is 27.7 Å². The lowest BCUT2D eigenvalue weighted by Crippen LogP contribution is -2.36. The zero-order chi connectivity index (χ0) is 13.6. The summed E-state index contributed by atoms with van der Waals surface area (Å²) in [6.07, 6.45) is 0. The fourth-order valence-corrected chi connectivity index (χ4v) is 0.819. The van der Waals surface area contributed by atoms with Gasteiger partial charge in [-0.3, -0.25) is 0 Å². The lowest BCUT2D eigenvalue weighted by atomic mass is 9.84.